The van der Waals surface area contributed by atoms with Gasteiger partial charge in [0, 0.05) is 17.8 Å². The Kier molecular flexibility index (Phi) is 5.36. The van der Waals surface area contributed by atoms with E-state index in [9.17, 15) is 14.4 Å². The summed E-state index contributed by atoms with van der Waals surface area (Å²) in [7, 11) is 0. The molecule has 8 heteroatoms. The van der Waals surface area contributed by atoms with E-state index in [4.69, 9.17) is 5.73 Å². The molecule has 3 aromatic rings. The van der Waals surface area contributed by atoms with Crippen molar-refractivity contribution < 1.29 is 9.59 Å². The number of amides is 2. The zero-order valence-electron chi connectivity index (χ0n) is 15.1. The van der Waals surface area contributed by atoms with Crippen molar-refractivity contribution in [2.75, 3.05) is 5.32 Å². The van der Waals surface area contributed by atoms with E-state index in [1.54, 1.807) is 42.1 Å². The third-order valence-electron chi connectivity index (χ3n) is 4.30. The van der Waals surface area contributed by atoms with Gasteiger partial charge in [0.05, 0.1) is 16.6 Å². The second-order valence-electron chi connectivity index (χ2n) is 6.23. The molecule has 0 bridgehead atoms. The molecule has 27 heavy (non-hydrogen) atoms. The minimum atomic E-state index is -0.529. The first-order valence-corrected chi connectivity index (χ1v) is 9.43. The zero-order valence-corrected chi connectivity index (χ0v) is 15.9. The molecule has 3 rings (SSSR count). The quantitative estimate of drug-likeness (QED) is 0.681. The second kappa shape index (κ2) is 7.71. The number of carbonyl (C=O) groups is 2. The molecule has 2 amide bonds. The molecular formula is C19H20N4O3S. The SMILES string of the molecule is CCCCn1cnc2sc(C(=O)Nc3ccc(C(N)=O)cc3)c(C)c2c1=O. The van der Waals surface area contributed by atoms with E-state index in [2.05, 4.69) is 17.2 Å². The Hall–Kier alpha value is -3.00. The Labute approximate surface area is 159 Å². The van der Waals surface area contributed by atoms with Gasteiger partial charge >= 0.3 is 0 Å². The van der Waals surface area contributed by atoms with Gasteiger partial charge in [-0.15, -0.1) is 11.3 Å². The van der Waals surface area contributed by atoms with Gasteiger partial charge in [0.25, 0.3) is 11.5 Å². The van der Waals surface area contributed by atoms with Crippen molar-refractivity contribution in [3.63, 3.8) is 0 Å². The lowest BCUT2D eigenvalue weighted by Crippen LogP contribution is -2.20. The molecule has 3 N–H and O–H groups in total. The molecule has 0 aliphatic heterocycles. The Morgan fingerprint density at radius 2 is 1.96 bits per heavy atom. The van der Waals surface area contributed by atoms with Gasteiger partial charge in [-0.05, 0) is 43.2 Å². The topological polar surface area (TPSA) is 107 Å². The largest absolute Gasteiger partial charge is 0.366 e. The van der Waals surface area contributed by atoms with E-state index < -0.39 is 5.91 Å². The average molecular weight is 384 g/mol. The molecule has 2 heterocycles. The molecule has 0 atom stereocenters. The highest BCUT2D eigenvalue weighted by molar-refractivity contribution is 7.20. The maximum absolute atomic E-state index is 12.7. The fourth-order valence-electron chi connectivity index (χ4n) is 2.77. The van der Waals surface area contributed by atoms with Crippen LogP contribution in [0.4, 0.5) is 5.69 Å². The maximum atomic E-state index is 12.7. The normalized spacial score (nSPS) is 10.9. The highest BCUT2D eigenvalue weighted by atomic mass is 32.1. The van der Waals surface area contributed by atoms with Crippen LogP contribution >= 0.6 is 11.3 Å². The van der Waals surface area contributed by atoms with Crippen LogP contribution in [0.15, 0.2) is 35.4 Å². The number of nitrogens with zero attached hydrogens (tertiary/aromatic N) is 2. The summed E-state index contributed by atoms with van der Waals surface area (Å²) in [5, 5.41) is 3.27. The molecule has 0 radical (unpaired) electrons. The second-order valence-corrected chi connectivity index (χ2v) is 7.23. The fraction of sp³-hybridized carbons (Fsp3) is 0.263. The molecule has 0 aliphatic carbocycles. The number of unbranched alkanes of at least 4 members (excludes halogenated alkanes) is 1. The molecule has 0 fully saturated rings. The van der Waals surface area contributed by atoms with E-state index in [0.717, 1.165) is 12.8 Å². The zero-order chi connectivity index (χ0) is 19.6. The van der Waals surface area contributed by atoms with Crippen molar-refractivity contribution in [3.8, 4) is 0 Å². The number of hydrogen-bond acceptors (Lipinski definition) is 5. The van der Waals surface area contributed by atoms with Crippen LogP contribution in [0.2, 0.25) is 0 Å². The van der Waals surface area contributed by atoms with E-state index in [0.29, 0.717) is 38.5 Å². The predicted octanol–water partition coefficient (Wildman–Crippen LogP) is 2.92. The Morgan fingerprint density at radius 3 is 2.59 bits per heavy atom. The Bertz CT molecular complexity index is 1070. The number of benzene rings is 1. The Balaban J connectivity index is 1.90. The van der Waals surface area contributed by atoms with Crippen LogP contribution in [0.1, 0.15) is 45.4 Å². The molecule has 2 aromatic heterocycles. The van der Waals surface area contributed by atoms with Gasteiger partial charge in [-0.1, -0.05) is 13.3 Å². The number of nitrogens with two attached hydrogens (primary N) is 1. The number of hydrogen-bond donors (Lipinski definition) is 2. The first-order valence-electron chi connectivity index (χ1n) is 8.62. The number of fused-ring (bicyclic) bond motifs is 1. The number of thiophene rings is 1. The summed E-state index contributed by atoms with van der Waals surface area (Å²) < 4.78 is 1.59. The van der Waals surface area contributed by atoms with Gasteiger partial charge < -0.3 is 11.1 Å². The molecular weight excluding hydrogens is 364 g/mol. The smallest absolute Gasteiger partial charge is 0.266 e. The van der Waals surface area contributed by atoms with Crippen molar-refractivity contribution in [1.82, 2.24) is 9.55 Å². The van der Waals surface area contributed by atoms with Crippen LogP contribution in [0.3, 0.4) is 0 Å². The third kappa shape index (κ3) is 3.75. The third-order valence-corrected chi connectivity index (χ3v) is 5.50. The van der Waals surface area contributed by atoms with Gasteiger partial charge in [0.1, 0.15) is 4.83 Å². The van der Waals surface area contributed by atoms with Crippen LogP contribution in [0.25, 0.3) is 10.2 Å². The monoisotopic (exact) mass is 384 g/mol. The van der Waals surface area contributed by atoms with Crippen molar-refractivity contribution in [1.29, 1.82) is 0 Å². The van der Waals surface area contributed by atoms with Crippen molar-refractivity contribution in [3.05, 3.63) is 57.0 Å². The summed E-state index contributed by atoms with van der Waals surface area (Å²) in [6.07, 6.45) is 3.42. The lowest BCUT2D eigenvalue weighted by Gasteiger charge is -2.05. The summed E-state index contributed by atoms with van der Waals surface area (Å²) >= 11 is 1.20. The van der Waals surface area contributed by atoms with Crippen LogP contribution in [-0.4, -0.2) is 21.4 Å². The van der Waals surface area contributed by atoms with Crippen LogP contribution in [-0.2, 0) is 6.54 Å². The number of aromatic nitrogens is 2. The minimum absolute atomic E-state index is 0.118. The molecule has 1 aromatic carbocycles. The molecule has 0 saturated carbocycles. The van der Waals surface area contributed by atoms with Crippen LogP contribution < -0.4 is 16.6 Å². The highest BCUT2D eigenvalue weighted by Gasteiger charge is 2.19. The highest BCUT2D eigenvalue weighted by Crippen LogP contribution is 2.27. The summed E-state index contributed by atoms with van der Waals surface area (Å²) in [5.74, 6) is -0.847. The summed E-state index contributed by atoms with van der Waals surface area (Å²) in [4.78, 5) is 41.8. The van der Waals surface area contributed by atoms with Crippen molar-refractivity contribution in [2.45, 2.75) is 33.2 Å². The number of anilines is 1. The maximum Gasteiger partial charge on any atom is 0.266 e. The van der Waals surface area contributed by atoms with Crippen molar-refractivity contribution in [2.24, 2.45) is 5.73 Å². The average Bonchev–Trinajstić information content (AvgIpc) is 2.99. The van der Waals surface area contributed by atoms with Crippen LogP contribution in [0, 0.1) is 6.92 Å². The lowest BCUT2D eigenvalue weighted by molar-refractivity contribution is 0.0998. The minimum Gasteiger partial charge on any atom is -0.366 e. The van der Waals surface area contributed by atoms with E-state index >= 15 is 0 Å². The van der Waals surface area contributed by atoms with Crippen LogP contribution in [0.5, 0.6) is 0 Å². The van der Waals surface area contributed by atoms with Crippen molar-refractivity contribution >= 4 is 39.1 Å². The Morgan fingerprint density at radius 1 is 1.26 bits per heavy atom. The molecule has 0 aliphatic rings. The molecule has 7 nitrogen and oxygen atoms in total. The molecule has 140 valence electrons. The molecule has 0 saturated heterocycles. The molecule has 0 spiro atoms. The van der Waals surface area contributed by atoms with Gasteiger partial charge in [-0.3, -0.25) is 19.0 Å². The number of nitrogens with one attached hydrogen (secondary N) is 1. The summed E-state index contributed by atoms with van der Waals surface area (Å²) in [6.45, 7) is 4.43. The van der Waals surface area contributed by atoms with E-state index in [-0.39, 0.29) is 11.5 Å². The van der Waals surface area contributed by atoms with Gasteiger partial charge in [0.15, 0.2) is 0 Å². The summed E-state index contributed by atoms with van der Waals surface area (Å²) in [6, 6.07) is 6.31. The number of rotatable bonds is 6. The first kappa shape index (κ1) is 18.8. The van der Waals surface area contributed by atoms with E-state index in [1.807, 2.05) is 0 Å². The standard InChI is InChI=1S/C19H20N4O3S/c1-3-4-9-23-10-21-18-14(19(23)26)11(2)15(27-18)17(25)22-13-7-5-12(6-8-13)16(20)24/h5-8,10H,3-4,9H2,1-2H3,(H2,20,24)(H,22,25). The first-order chi connectivity index (χ1) is 12.9. The number of carbonyl (C=O) groups excluding carboxylic acids is 2. The summed E-state index contributed by atoms with van der Waals surface area (Å²) in [5.41, 5.74) is 6.62. The number of primary amides is 1. The van der Waals surface area contributed by atoms with E-state index in [1.165, 1.54) is 11.3 Å². The van der Waals surface area contributed by atoms with Gasteiger partial charge in [-0.25, -0.2) is 4.98 Å². The predicted molar refractivity (Wildman–Crippen MR) is 106 cm³/mol. The fourth-order valence-corrected chi connectivity index (χ4v) is 3.80. The van der Waals surface area contributed by atoms with Gasteiger partial charge in [-0.2, -0.15) is 0 Å². The van der Waals surface area contributed by atoms with Gasteiger partial charge in [0.2, 0.25) is 5.91 Å². The lowest BCUT2D eigenvalue weighted by atomic mass is 10.2. The molecule has 0 unspecified atom stereocenters. The number of aryl methyl sites for hydroxylation is 2.